The van der Waals surface area contributed by atoms with E-state index in [9.17, 15) is 4.79 Å². The van der Waals surface area contributed by atoms with E-state index in [1.165, 1.54) is 0 Å². The first-order valence-electron chi connectivity index (χ1n) is 5.58. The van der Waals surface area contributed by atoms with Gasteiger partial charge in [0.25, 0.3) is 0 Å². The van der Waals surface area contributed by atoms with E-state index in [1.807, 2.05) is 13.8 Å². The maximum atomic E-state index is 11.6. The van der Waals surface area contributed by atoms with E-state index in [-0.39, 0.29) is 12.1 Å². The van der Waals surface area contributed by atoms with Crippen molar-refractivity contribution in [2.24, 2.45) is 5.92 Å². The average molecular weight is 215 g/mol. The van der Waals surface area contributed by atoms with Gasteiger partial charge in [0.1, 0.15) is 0 Å². The van der Waals surface area contributed by atoms with Crippen LogP contribution in [0.15, 0.2) is 0 Å². The standard InChI is InChI=1S/C11H21NO3/c1-9(2)8-15-11(13)12(3)10-4-6-14-7-5-10/h9-10H,4-8H2,1-3H3. The molecule has 0 unspecified atom stereocenters. The van der Waals surface area contributed by atoms with Crippen molar-refractivity contribution >= 4 is 6.09 Å². The van der Waals surface area contributed by atoms with Crippen LogP contribution in [-0.4, -0.2) is 43.9 Å². The summed E-state index contributed by atoms with van der Waals surface area (Å²) < 4.78 is 10.4. The molecule has 0 bridgehead atoms. The molecule has 0 aromatic rings. The zero-order valence-electron chi connectivity index (χ0n) is 9.86. The van der Waals surface area contributed by atoms with Crippen molar-refractivity contribution in [3.8, 4) is 0 Å². The third-order valence-corrected chi connectivity index (χ3v) is 2.57. The Kier molecular flexibility index (Phi) is 4.88. The van der Waals surface area contributed by atoms with Gasteiger partial charge in [-0.05, 0) is 18.8 Å². The molecule has 4 heteroatoms. The Morgan fingerprint density at radius 1 is 1.47 bits per heavy atom. The Labute approximate surface area is 91.5 Å². The zero-order chi connectivity index (χ0) is 11.3. The highest BCUT2D eigenvalue weighted by atomic mass is 16.6. The lowest BCUT2D eigenvalue weighted by Crippen LogP contribution is -2.41. The summed E-state index contributed by atoms with van der Waals surface area (Å²) in [5, 5.41) is 0. The van der Waals surface area contributed by atoms with Crippen LogP contribution in [0, 0.1) is 5.92 Å². The van der Waals surface area contributed by atoms with Gasteiger partial charge in [-0.1, -0.05) is 13.8 Å². The third kappa shape index (κ3) is 4.08. The second-order valence-corrected chi connectivity index (χ2v) is 4.43. The van der Waals surface area contributed by atoms with Crippen molar-refractivity contribution < 1.29 is 14.3 Å². The molecule has 0 aliphatic carbocycles. The fourth-order valence-corrected chi connectivity index (χ4v) is 1.56. The maximum absolute atomic E-state index is 11.6. The number of ether oxygens (including phenoxy) is 2. The van der Waals surface area contributed by atoms with Gasteiger partial charge in [0.05, 0.1) is 6.61 Å². The van der Waals surface area contributed by atoms with Gasteiger partial charge in [-0.25, -0.2) is 4.79 Å². The first-order valence-corrected chi connectivity index (χ1v) is 5.58. The van der Waals surface area contributed by atoms with Gasteiger partial charge in [0.2, 0.25) is 0 Å². The van der Waals surface area contributed by atoms with Crippen LogP contribution >= 0.6 is 0 Å². The summed E-state index contributed by atoms with van der Waals surface area (Å²) in [4.78, 5) is 13.3. The first-order chi connectivity index (χ1) is 7.11. The number of nitrogens with zero attached hydrogens (tertiary/aromatic N) is 1. The van der Waals surface area contributed by atoms with Gasteiger partial charge in [-0.2, -0.15) is 0 Å². The highest BCUT2D eigenvalue weighted by molar-refractivity contribution is 5.67. The van der Waals surface area contributed by atoms with Gasteiger partial charge in [0.15, 0.2) is 0 Å². The van der Waals surface area contributed by atoms with Crippen LogP contribution in [0.4, 0.5) is 4.79 Å². The van der Waals surface area contributed by atoms with Gasteiger partial charge in [0, 0.05) is 26.3 Å². The number of hydrogen-bond acceptors (Lipinski definition) is 3. The molecule has 4 nitrogen and oxygen atoms in total. The monoisotopic (exact) mass is 215 g/mol. The molecule has 15 heavy (non-hydrogen) atoms. The van der Waals surface area contributed by atoms with Crippen molar-refractivity contribution in [2.45, 2.75) is 32.7 Å². The molecule has 0 aromatic carbocycles. The summed E-state index contributed by atoms with van der Waals surface area (Å²) in [5.74, 6) is 0.386. The smallest absolute Gasteiger partial charge is 0.409 e. The number of rotatable bonds is 3. The van der Waals surface area contributed by atoms with Crippen LogP contribution in [0.1, 0.15) is 26.7 Å². The largest absolute Gasteiger partial charge is 0.449 e. The molecule has 1 saturated heterocycles. The lowest BCUT2D eigenvalue weighted by Gasteiger charge is -2.30. The predicted octanol–water partition coefficient (Wildman–Crippen LogP) is 1.89. The zero-order valence-corrected chi connectivity index (χ0v) is 9.86. The molecule has 0 radical (unpaired) electrons. The Morgan fingerprint density at radius 3 is 2.60 bits per heavy atom. The number of hydrogen-bond donors (Lipinski definition) is 0. The molecule has 0 saturated carbocycles. The Balaban J connectivity index is 2.30. The fraction of sp³-hybridized carbons (Fsp3) is 0.909. The van der Waals surface area contributed by atoms with Crippen LogP contribution in [0.5, 0.6) is 0 Å². The summed E-state index contributed by atoms with van der Waals surface area (Å²) in [6.45, 7) is 6.04. The van der Waals surface area contributed by atoms with Crippen molar-refractivity contribution in [1.29, 1.82) is 0 Å². The molecule has 88 valence electrons. The third-order valence-electron chi connectivity index (χ3n) is 2.57. The van der Waals surface area contributed by atoms with Crippen LogP contribution in [0.25, 0.3) is 0 Å². The summed E-state index contributed by atoms with van der Waals surface area (Å²) in [6.07, 6.45) is 1.61. The van der Waals surface area contributed by atoms with Gasteiger partial charge >= 0.3 is 6.09 Å². The molecule has 0 atom stereocenters. The summed E-state index contributed by atoms with van der Waals surface area (Å²) in [7, 11) is 1.80. The van der Waals surface area contributed by atoms with Crippen LogP contribution in [-0.2, 0) is 9.47 Å². The second-order valence-electron chi connectivity index (χ2n) is 4.43. The predicted molar refractivity (Wildman–Crippen MR) is 57.8 cm³/mol. The first kappa shape index (κ1) is 12.3. The quantitative estimate of drug-likeness (QED) is 0.721. The van der Waals surface area contributed by atoms with Crippen LogP contribution in [0.3, 0.4) is 0 Å². The topological polar surface area (TPSA) is 38.8 Å². The normalized spacial score (nSPS) is 17.9. The molecule has 1 amide bonds. The molecule has 0 spiro atoms. The van der Waals surface area contributed by atoms with E-state index in [4.69, 9.17) is 9.47 Å². The molecule has 0 aromatic heterocycles. The molecule has 1 heterocycles. The minimum atomic E-state index is -0.212. The molecule has 1 rings (SSSR count). The lowest BCUT2D eigenvalue weighted by molar-refractivity contribution is 0.0322. The van der Waals surface area contributed by atoms with Crippen molar-refractivity contribution in [3.63, 3.8) is 0 Å². The van der Waals surface area contributed by atoms with E-state index in [0.29, 0.717) is 12.5 Å². The van der Waals surface area contributed by atoms with Crippen LogP contribution < -0.4 is 0 Å². The Morgan fingerprint density at radius 2 is 2.07 bits per heavy atom. The van der Waals surface area contributed by atoms with E-state index in [1.54, 1.807) is 11.9 Å². The van der Waals surface area contributed by atoms with Gasteiger partial charge in [-0.15, -0.1) is 0 Å². The van der Waals surface area contributed by atoms with E-state index in [0.717, 1.165) is 26.1 Å². The van der Waals surface area contributed by atoms with Crippen LogP contribution in [0.2, 0.25) is 0 Å². The average Bonchev–Trinajstić information content (AvgIpc) is 2.26. The molecule has 1 fully saturated rings. The maximum Gasteiger partial charge on any atom is 0.409 e. The van der Waals surface area contributed by atoms with Crippen molar-refractivity contribution in [2.75, 3.05) is 26.9 Å². The van der Waals surface area contributed by atoms with E-state index >= 15 is 0 Å². The summed E-state index contributed by atoms with van der Waals surface area (Å²) >= 11 is 0. The van der Waals surface area contributed by atoms with Crippen molar-refractivity contribution in [1.82, 2.24) is 4.90 Å². The van der Waals surface area contributed by atoms with Gasteiger partial charge in [-0.3, -0.25) is 0 Å². The number of carbonyl (C=O) groups is 1. The minimum Gasteiger partial charge on any atom is -0.449 e. The SMILES string of the molecule is CC(C)COC(=O)N(C)C1CCOCC1. The Hall–Kier alpha value is -0.770. The summed E-state index contributed by atoms with van der Waals surface area (Å²) in [5.41, 5.74) is 0. The molecule has 0 N–H and O–H groups in total. The van der Waals surface area contributed by atoms with E-state index in [2.05, 4.69) is 0 Å². The molecule has 1 aliphatic rings. The lowest BCUT2D eigenvalue weighted by atomic mass is 10.1. The molecule has 1 aliphatic heterocycles. The number of carbonyl (C=O) groups excluding carboxylic acids is 1. The number of amides is 1. The molecular weight excluding hydrogens is 194 g/mol. The minimum absolute atomic E-state index is 0.212. The van der Waals surface area contributed by atoms with Gasteiger partial charge < -0.3 is 14.4 Å². The summed E-state index contributed by atoms with van der Waals surface area (Å²) in [6, 6.07) is 0.276. The van der Waals surface area contributed by atoms with E-state index < -0.39 is 0 Å². The fourth-order valence-electron chi connectivity index (χ4n) is 1.56. The molecular formula is C11H21NO3. The highest BCUT2D eigenvalue weighted by Crippen LogP contribution is 2.13. The Bertz CT molecular complexity index is 200. The van der Waals surface area contributed by atoms with Crippen molar-refractivity contribution in [3.05, 3.63) is 0 Å². The second kappa shape index (κ2) is 5.95. The highest BCUT2D eigenvalue weighted by Gasteiger charge is 2.23.